The number of fused-ring (bicyclic) bond motifs is 1. The van der Waals surface area contributed by atoms with Gasteiger partial charge in [0.05, 0.1) is 37.3 Å². The van der Waals surface area contributed by atoms with Gasteiger partial charge in [0, 0.05) is 17.5 Å². The fraction of sp³-hybridized carbons (Fsp3) is 0.377. The van der Waals surface area contributed by atoms with Crippen molar-refractivity contribution in [2.75, 3.05) is 19.8 Å². The molecule has 12 nitrogen and oxygen atoms in total. The molecule has 0 aliphatic carbocycles. The number of rotatable bonds is 21. The van der Waals surface area contributed by atoms with Gasteiger partial charge < -0.3 is 28.1 Å². The summed E-state index contributed by atoms with van der Waals surface area (Å²) in [5.74, 6) is 0.798. The van der Waals surface area contributed by atoms with Crippen molar-refractivity contribution < 1.29 is 45.5 Å². The molecule has 2 heterocycles. The van der Waals surface area contributed by atoms with Gasteiger partial charge in [0.25, 0.3) is 10.1 Å². The molecule has 380 valence electrons. The lowest BCUT2D eigenvalue weighted by atomic mass is 9.95. The van der Waals surface area contributed by atoms with E-state index in [0.29, 0.717) is 53.3 Å². The van der Waals surface area contributed by atoms with Crippen LogP contribution in [0.15, 0.2) is 100 Å². The Morgan fingerprint density at radius 3 is 2.17 bits per heavy atom. The Labute approximate surface area is 441 Å². The number of hydrogen-bond donors (Lipinski definition) is 0. The first-order chi connectivity index (χ1) is 33.3. The second kappa shape index (κ2) is 23.1. The SMILES string of the molecule is C=CCOC[C@H](COS(=O)(=O)c1ccc(C)cc1)Oc1c(Cl)c(C)c(-c2c(Br)sc3ncnc(O[C@H](Cc4cc(O[Si](C)(C)C(C)(C)C)ccc4OCc4ccccc4)C(=O)OC(C)(C)C)c23)c(C)c1Cl. The number of hydrogen-bond acceptors (Lipinski definition) is 13. The van der Waals surface area contributed by atoms with Crippen LogP contribution in [0.25, 0.3) is 21.3 Å². The number of nitrogens with zero attached hydrogens (tertiary/aromatic N) is 2. The van der Waals surface area contributed by atoms with E-state index in [1.165, 1.54) is 29.8 Å². The smallest absolute Gasteiger partial charge is 0.348 e. The highest BCUT2D eigenvalue weighted by atomic mass is 79.9. The Morgan fingerprint density at radius 1 is 0.887 bits per heavy atom. The van der Waals surface area contributed by atoms with E-state index in [0.717, 1.165) is 11.1 Å². The summed E-state index contributed by atoms with van der Waals surface area (Å²) in [6, 6.07) is 21.8. The highest BCUT2D eigenvalue weighted by Crippen LogP contribution is 2.52. The van der Waals surface area contributed by atoms with E-state index in [9.17, 15) is 13.2 Å². The van der Waals surface area contributed by atoms with Gasteiger partial charge in [-0.1, -0.05) is 98.1 Å². The van der Waals surface area contributed by atoms with Gasteiger partial charge in [-0.3, -0.25) is 4.18 Å². The molecule has 0 N–H and O–H groups in total. The van der Waals surface area contributed by atoms with Gasteiger partial charge in [-0.05, 0) is 128 Å². The molecular formula is C53H61BrCl2N2O10S2Si. The van der Waals surface area contributed by atoms with E-state index in [-0.39, 0.29) is 57.8 Å². The zero-order chi connectivity index (χ0) is 52.1. The van der Waals surface area contributed by atoms with Gasteiger partial charge in [-0.15, -0.1) is 17.9 Å². The molecule has 0 saturated carbocycles. The third-order valence-electron chi connectivity index (χ3n) is 11.8. The van der Waals surface area contributed by atoms with Crippen molar-refractivity contribution in [2.45, 2.75) is 116 Å². The molecule has 18 heteroatoms. The van der Waals surface area contributed by atoms with E-state index < -0.39 is 48.8 Å². The highest BCUT2D eigenvalue weighted by Gasteiger charge is 2.39. The van der Waals surface area contributed by atoms with E-state index in [2.05, 4.69) is 66.3 Å². The molecule has 6 aromatic rings. The number of carbonyl (C=O) groups is 1. The fourth-order valence-electron chi connectivity index (χ4n) is 7.09. The molecular weight excluding hydrogens is 1070 g/mol. The minimum Gasteiger partial charge on any atom is -0.543 e. The fourth-order valence-corrected chi connectivity index (χ4v) is 11.3. The van der Waals surface area contributed by atoms with Crippen LogP contribution >= 0.6 is 50.5 Å². The minimum atomic E-state index is -4.16. The zero-order valence-corrected chi connectivity index (χ0v) is 47.6. The number of aryl methyl sites for hydroxylation is 1. The Morgan fingerprint density at radius 2 is 1.55 bits per heavy atom. The molecule has 0 bridgehead atoms. The summed E-state index contributed by atoms with van der Waals surface area (Å²) >= 11 is 19.5. The van der Waals surface area contributed by atoms with Crippen LogP contribution in [0.3, 0.4) is 0 Å². The number of halogens is 3. The lowest BCUT2D eigenvalue weighted by molar-refractivity contribution is -0.163. The largest absolute Gasteiger partial charge is 0.543 e. The summed E-state index contributed by atoms with van der Waals surface area (Å²) < 4.78 is 70.7. The first-order valence-electron chi connectivity index (χ1n) is 22.9. The van der Waals surface area contributed by atoms with Crippen LogP contribution < -0.4 is 18.6 Å². The van der Waals surface area contributed by atoms with E-state index in [4.69, 9.17) is 55.5 Å². The van der Waals surface area contributed by atoms with E-state index >= 15 is 0 Å². The number of thiophene rings is 1. The second-order valence-corrected chi connectivity index (χ2v) is 29.0. The average molecular weight is 1130 g/mol. The highest BCUT2D eigenvalue weighted by molar-refractivity contribution is 9.11. The Kier molecular flexibility index (Phi) is 18.2. The average Bonchev–Trinajstić information content (AvgIpc) is 3.63. The van der Waals surface area contributed by atoms with Crippen LogP contribution in [-0.2, 0) is 41.6 Å². The quantitative estimate of drug-likeness (QED) is 0.0223. The maximum absolute atomic E-state index is 14.4. The summed E-state index contributed by atoms with van der Waals surface area (Å²) in [5.41, 5.74) is 4.06. The molecule has 0 radical (unpaired) electrons. The molecule has 0 fully saturated rings. The lowest BCUT2D eigenvalue weighted by Gasteiger charge is -2.36. The first-order valence-corrected chi connectivity index (χ1v) is 29.6. The van der Waals surface area contributed by atoms with Crippen molar-refractivity contribution in [1.29, 1.82) is 0 Å². The van der Waals surface area contributed by atoms with Crippen molar-refractivity contribution in [3.63, 3.8) is 0 Å². The molecule has 0 spiro atoms. The van der Waals surface area contributed by atoms with Crippen molar-refractivity contribution in [1.82, 2.24) is 9.97 Å². The molecule has 0 amide bonds. The molecule has 6 rings (SSSR count). The third kappa shape index (κ3) is 14.0. The zero-order valence-electron chi connectivity index (χ0n) is 41.9. The summed E-state index contributed by atoms with van der Waals surface area (Å²) in [6.07, 6.45) is 0.765. The predicted molar refractivity (Wildman–Crippen MR) is 289 cm³/mol. The number of ether oxygens (including phenoxy) is 5. The van der Waals surface area contributed by atoms with Crippen LogP contribution in [0.4, 0.5) is 0 Å². The molecule has 71 heavy (non-hydrogen) atoms. The summed E-state index contributed by atoms with van der Waals surface area (Å²) in [6.45, 7) is 25.4. The van der Waals surface area contributed by atoms with Crippen molar-refractivity contribution in [3.8, 4) is 34.3 Å². The Hall–Kier alpha value is -4.52. The van der Waals surface area contributed by atoms with Gasteiger partial charge in [0.2, 0.25) is 20.3 Å². The molecule has 2 atom stereocenters. The maximum atomic E-state index is 14.4. The topological polar surface area (TPSA) is 142 Å². The van der Waals surface area contributed by atoms with Crippen molar-refractivity contribution in [2.24, 2.45) is 0 Å². The Balaban J connectivity index is 1.40. The monoisotopic (exact) mass is 1130 g/mol. The van der Waals surface area contributed by atoms with Crippen LogP contribution in [0, 0.1) is 20.8 Å². The van der Waals surface area contributed by atoms with Gasteiger partial charge in [-0.25, -0.2) is 14.8 Å². The molecule has 4 aromatic carbocycles. The summed E-state index contributed by atoms with van der Waals surface area (Å²) in [5, 5.41) is 0.731. The van der Waals surface area contributed by atoms with Crippen molar-refractivity contribution in [3.05, 3.63) is 133 Å². The second-order valence-electron chi connectivity index (χ2n) is 19.6. The number of benzene rings is 4. The molecule has 0 aliphatic heterocycles. The Bertz CT molecular complexity index is 2950. The molecule has 0 unspecified atom stereocenters. The standard InChI is InChI=1S/C53H61BrCl2N2O10S2Si/c1-13-25-62-29-38(30-64-70(60,61)39-22-19-32(2)20-23-39)65-47-45(55)33(3)42(34(4)46(47)56)43-44-49(57-31-58-50(44)69-48(43)54)66-41(51(59)67-52(5,6)7)27-36-26-37(68-71(11,12)53(8,9)10)21-24-40(36)63-28-35-17-15-14-16-18-35/h13-24,26,31,38,41H,1,25,27-30H2,2-12H3/t38-,41-/m1/s1. The molecule has 2 aromatic heterocycles. The van der Waals surface area contributed by atoms with Gasteiger partial charge >= 0.3 is 5.97 Å². The third-order valence-corrected chi connectivity index (χ3v) is 20.1. The van der Waals surface area contributed by atoms with Gasteiger partial charge in [0.15, 0.2) is 5.75 Å². The van der Waals surface area contributed by atoms with Gasteiger partial charge in [0.1, 0.15) is 47.6 Å². The minimum absolute atomic E-state index is 0.00206. The first kappa shape index (κ1) is 55.8. The normalized spacial score (nSPS) is 13.2. The molecule has 0 saturated heterocycles. The van der Waals surface area contributed by atoms with Crippen LogP contribution in [0.1, 0.15) is 69.4 Å². The number of aromatic nitrogens is 2. The summed E-state index contributed by atoms with van der Waals surface area (Å²) in [4.78, 5) is 24.2. The summed E-state index contributed by atoms with van der Waals surface area (Å²) in [7, 11) is -6.44. The van der Waals surface area contributed by atoms with E-state index in [1.807, 2.05) is 69.3 Å². The van der Waals surface area contributed by atoms with Crippen LogP contribution in [-0.4, -0.2) is 70.3 Å². The van der Waals surface area contributed by atoms with Crippen LogP contribution in [0.2, 0.25) is 28.2 Å². The number of esters is 1. The van der Waals surface area contributed by atoms with Gasteiger partial charge in [-0.2, -0.15) is 8.42 Å². The number of carbonyl (C=O) groups excluding carboxylic acids is 1. The maximum Gasteiger partial charge on any atom is 0.348 e. The van der Waals surface area contributed by atoms with Crippen molar-refractivity contribution >= 4 is 85.1 Å². The van der Waals surface area contributed by atoms with E-state index in [1.54, 1.807) is 39.0 Å². The molecule has 0 aliphatic rings. The predicted octanol–water partition coefficient (Wildman–Crippen LogP) is 14.0. The lowest BCUT2D eigenvalue weighted by Crippen LogP contribution is -2.43. The van der Waals surface area contributed by atoms with Crippen LogP contribution in [0.5, 0.6) is 23.1 Å².